The van der Waals surface area contributed by atoms with Gasteiger partial charge in [-0.2, -0.15) is 0 Å². The number of terminal acetylenes is 1. The van der Waals surface area contributed by atoms with Crippen LogP contribution < -0.4 is 5.32 Å². The van der Waals surface area contributed by atoms with Crippen molar-refractivity contribution < 1.29 is 0 Å². The Morgan fingerprint density at radius 3 is 2.85 bits per heavy atom. The third-order valence-corrected chi connectivity index (χ3v) is 1.74. The molecule has 1 heterocycles. The number of hydrogen-bond acceptors (Lipinski definition) is 3. The Kier molecular flexibility index (Phi) is 2.74. The Hall–Kier alpha value is -1.27. The quantitative estimate of drug-likeness (QED) is 0.734. The molecule has 0 aliphatic heterocycles. The summed E-state index contributed by atoms with van der Waals surface area (Å²) in [6.45, 7) is 3.73. The molecule has 68 valence electrons. The van der Waals surface area contributed by atoms with Crippen LogP contribution in [0, 0.1) is 12.3 Å². The topological polar surface area (TPSA) is 37.8 Å². The normalized spacial score (nSPS) is 10.6. The van der Waals surface area contributed by atoms with Crippen molar-refractivity contribution in [3.8, 4) is 12.3 Å². The molecule has 0 amide bonds. The summed E-state index contributed by atoms with van der Waals surface area (Å²) in [4.78, 5) is 7.73. The van der Waals surface area contributed by atoms with Crippen LogP contribution in [-0.4, -0.2) is 15.5 Å². The van der Waals surface area contributed by atoms with Crippen LogP contribution in [0.3, 0.4) is 0 Å². The Balaban J connectivity index is 2.88. The van der Waals surface area contributed by atoms with Crippen molar-refractivity contribution in [2.75, 3.05) is 5.32 Å². The SMILES string of the molecule is C#CC(C)(C)Nc1ncncc1Cl. The molecular formula is C9H10ClN3. The zero-order valence-electron chi connectivity index (χ0n) is 7.50. The highest BCUT2D eigenvalue weighted by Crippen LogP contribution is 2.19. The van der Waals surface area contributed by atoms with E-state index in [1.54, 1.807) is 0 Å². The number of nitrogens with one attached hydrogen (secondary N) is 1. The van der Waals surface area contributed by atoms with Crippen LogP contribution in [0.15, 0.2) is 12.5 Å². The van der Waals surface area contributed by atoms with Crippen LogP contribution in [0.2, 0.25) is 5.02 Å². The molecule has 0 aliphatic carbocycles. The number of aromatic nitrogens is 2. The van der Waals surface area contributed by atoms with E-state index in [1.165, 1.54) is 12.5 Å². The highest BCUT2D eigenvalue weighted by atomic mass is 35.5. The molecule has 0 radical (unpaired) electrons. The van der Waals surface area contributed by atoms with Gasteiger partial charge in [0.1, 0.15) is 17.2 Å². The van der Waals surface area contributed by atoms with Crippen LogP contribution in [-0.2, 0) is 0 Å². The van der Waals surface area contributed by atoms with Gasteiger partial charge in [-0.3, -0.25) is 0 Å². The number of halogens is 1. The van der Waals surface area contributed by atoms with E-state index in [0.29, 0.717) is 10.8 Å². The summed E-state index contributed by atoms with van der Waals surface area (Å²) in [6.07, 6.45) is 8.24. The van der Waals surface area contributed by atoms with Gasteiger partial charge < -0.3 is 5.32 Å². The minimum Gasteiger partial charge on any atom is -0.353 e. The molecule has 0 aliphatic rings. The maximum Gasteiger partial charge on any atom is 0.149 e. The second-order valence-corrected chi connectivity index (χ2v) is 3.52. The molecule has 0 aromatic carbocycles. The van der Waals surface area contributed by atoms with Gasteiger partial charge in [0.05, 0.1) is 11.7 Å². The predicted molar refractivity (Wildman–Crippen MR) is 53.6 cm³/mol. The van der Waals surface area contributed by atoms with E-state index in [1.807, 2.05) is 13.8 Å². The molecule has 0 saturated carbocycles. The summed E-state index contributed by atoms with van der Waals surface area (Å²) in [5, 5.41) is 3.48. The van der Waals surface area contributed by atoms with E-state index in [2.05, 4.69) is 21.2 Å². The number of anilines is 1. The highest BCUT2D eigenvalue weighted by Gasteiger charge is 2.15. The summed E-state index contributed by atoms with van der Waals surface area (Å²) < 4.78 is 0. The maximum absolute atomic E-state index is 5.83. The van der Waals surface area contributed by atoms with Crippen LogP contribution in [0.5, 0.6) is 0 Å². The first kappa shape index (κ1) is 9.82. The minimum atomic E-state index is -0.460. The average Bonchev–Trinajstić information content (AvgIpc) is 2.09. The molecule has 13 heavy (non-hydrogen) atoms. The smallest absolute Gasteiger partial charge is 0.149 e. The Morgan fingerprint density at radius 2 is 2.31 bits per heavy atom. The summed E-state index contributed by atoms with van der Waals surface area (Å²) in [7, 11) is 0. The van der Waals surface area contributed by atoms with Gasteiger partial charge in [-0.05, 0) is 13.8 Å². The lowest BCUT2D eigenvalue weighted by molar-refractivity contribution is 0.735. The molecule has 0 fully saturated rings. The molecule has 0 spiro atoms. The van der Waals surface area contributed by atoms with Gasteiger partial charge in [0.25, 0.3) is 0 Å². The molecule has 1 N–H and O–H groups in total. The van der Waals surface area contributed by atoms with Crippen molar-refractivity contribution in [1.82, 2.24) is 9.97 Å². The molecule has 3 nitrogen and oxygen atoms in total. The van der Waals surface area contributed by atoms with E-state index in [-0.39, 0.29) is 0 Å². The van der Waals surface area contributed by atoms with E-state index in [4.69, 9.17) is 18.0 Å². The van der Waals surface area contributed by atoms with Crippen molar-refractivity contribution in [1.29, 1.82) is 0 Å². The molecule has 0 unspecified atom stereocenters. The highest BCUT2D eigenvalue weighted by molar-refractivity contribution is 6.32. The summed E-state index contributed by atoms with van der Waals surface area (Å²) >= 11 is 5.83. The van der Waals surface area contributed by atoms with Gasteiger partial charge in [-0.15, -0.1) is 6.42 Å². The Morgan fingerprint density at radius 1 is 1.62 bits per heavy atom. The fourth-order valence-electron chi connectivity index (χ4n) is 0.737. The fraction of sp³-hybridized carbons (Fsp3) is 0.333. The lowest BCUT2D eigenvalue weighted by Crippen LogP contribution is -2.29. The van der Waals surface area contributed by atoms with Crippen molar-refractivity contribution in [2.45, 2.75) is 19.4 Å². The van der Waals surface area contributed by atoms with E-state index in [0.717, 1.165) is 0 Å². The molecule has 4 heteroatoms. The monoisotopic (exact) mass is 195 g/mol. The number of hydrogen-bond donors (Lipinski definition) is 1. The third kappa shape index (κ3) is 2.60. The average molecular weight is 196 g/mol. The van der Waals surface area contributed by atoms with Gasteiger partial charge in [0.15, 0.2) is 0 Å². The van der Waals surface area contributed by atoms with Crippen LogP contribution in [0.4, 0.5) is 5.82 Å². The van der Waals surface area contributed by atoms with Gasteiger partial charge in [-0.1, -0.05) is 17.5 Å². The van der Waals surface area contributed by atoms with E-state index >= 15 is 0 Å². The molecule has 1 aromatic heterocycles. The van der Waals surface area contributed by atoms with Gasteiger partial charge >= 0.3 is 0 Å². The standard InChI is InChI=1S/C9H10ClN3/c1-4-9(2,3)13-8-7(10)5-11-6-12-8/h1,5-6H,2-3H3,(H,11,12,13). The first-order chi connectivity index (χ1) is 6.05. The zero-order valence-corrected chi connectivity index (χ0v) is 8.26. The lowest BCUT2D eigenvalue weighted by Gasteiger charge is -2.20. The summed E-state index contributed by atoms with van der Waals surface area (Å²) in [6, 6.07) is 0. The largest absolute Gasteiger partial charge is 0.353 e. The Bertz CT molecular complexity index is 341. The zero-order chi connectivity index (χ0) is 9.90. The van der Waals surface area contributed by atoms with Crippen molar-refractivity contribution >= 4 is 17.4 Å². The third-order valence-electron chi connectivity index (χ3n) is 1.46. The Labute approximate surface area is 82.5 Å². The predicted octanol–water partition coefficient (Wildman–Crippen LogP) is 1.95. The van der Waals surface area contributed by atoms with Gasteiger partial charge in [0.2, 0.25) is 0 Å². The number of rotatable bonds is 2. The first-order valence-electron chi connectivity index (χ1n) is 3.76. The van der Waals surface area contributed by atoms with E-state index in [9.17, 15) is 0 Å². The van der Waals surface area contributed by atoms with Crippen molar-refractivity contribution in [3.63, 3.8) is 0 Å². The van der Waals surface area contributed by atoms with Crippen molar-refractivity contribution in [2.24, 2.45) is 0 Å². The molecule has 0 saturated heterocycles. The van der Waals surface area contributed by atoms with Gasteiger partial charge in [-0.25, -0.2) is 9.97 Å². The van der Waals surface area contributed by atoms with Crippen molar-refractivity contribution in [3.05, 3.63) is 17.5 Å². The van der Waals surface area contributed by atoms with Crippen LogP contribution in [0.1, 0.15) is 13.8 Å². The van der Waals surface area contributed by atoms with Crippen LogP contribution in [0.25, 0.3) is 0 Å². The molecule has 1 rings (SSSR count). The molecule has 0 atom stereocenters. The second kappa shape index (κ2) is 3.63. The number of nitrogens with zero attached hydrogens (tertiary/aromatic N) is 2. The lowest BCUT2D eigenvalue weighted by atomic mass is 10.1. The molecule has 1 aromatic rings. The molecule has 0 bridgehead atoms. The van der Waals surface area contributed by atoms with Gasteiger partial charge in [0, 0.05) is 0 Å². The summed E-state index contributed by atoms with van der Waals surface area (Å²) in [5.41, 5.74) is -0.460. The second-order valence-electron chi connectivity index (χ2n) is 3.11. The van der Waals surface area contributed by atoms with Crippen LogP contribution >= 0.6 is 11.6 Å². The maximum atomic E-state index is 5.83. The minimum absolute atomic E-state index is 0.460. The van der Waals surface area contributed by atoms with E-state index < -0.39 is 5.54 Å². The molecular weight excluding hydrogens is 186 g/mol. The first-order valence-corrected chi connectivity index (χ1v) is 4.14. The fourth-order valence-corrected chi connectivity index (χ4v) is 0.889. The summed E-state index contributed by atoms with van der Waals surface area (Å²) in [5.74, 6) is 3.14.